The lowest BCUT2D eigenvalue weighted by atomic mass is 10.2. The van der Waals surface area contributed by atoms with Gasteiger partial charge in [0.15, 0.2) is 9.84 Å². The number of sulfone groups is 1. The van der Waals surface area contributed by atoms with Crippen molar-refractivity contribution in [2.75, 3.05) is 24.6 Å². The van der Waals surface area contributed by atoms with E-state index in [4.69, 9.17) is 0 Å². The summed E-state index contributed by atoms with van der Waals surface area (Å²) in [6, 6.07) is 0.0190. The molecule has 1 heterocycles. The molecule has 2 aliphatic rings. The van der Waals surface area contributed by atoms with E-state index in [1.54, 1.807) is 0 Å². The maximum absolute atomic E-state index is 11.4. The van der Waals surface area contributed by atoms with E-state index in [-0.39, 0.29) is 17.5 Å². The molecule has 1 aliphatic heterocycles. The van der Waals surface area contributed by atoms with Gasteiger partial charge in [0.2, 0.25) is 0 Å². The fourth-order valence-electron chi connectivity index (χ4n) is 2.22. The summed E-state index contributed by atoms with van der Waals surface area (Å²) in [4.78, 5) is 13.5. The van der Waals surface area contributed by atoms with Crippen molar-refractivity contribution in [3.8, 4) is 0 Å². The van der Waals surface area contributed by atoms with Crippen LogP contribution < -0.4 is 0 Å². The van der Waals surface area contributed by atoms with E-state index in [9.17, 15) is 13.2 Å². The first-order chi connectivity index (χ1) is 6.58. The second-order valence-electron chi connectivity index (χ2n) is 4.06. The second-order valence-corrected chi connectivity index (χ2v) is 6.37. The van der Waals surface area contributed by atoms with Gasteiger partial charge >= 0.3 is 0 Å². The normalized spacial score (nSPS) is 33.4. The molecule has 0 amide bonds. The molecule has 0 aromatic rings. The molecule has 0 N–H and O–H groups in total. The lowest BCUT2D eigenvalue weighted by Crippen LogP contribution is -2.47. The number of carbonyl (C=O) groups is 1. The van der Waals surface area contributed by atoms with E-state index in [1.165, 1.54) is 0 Å². The van der Waals surface area contributed by atoms with E-state index < -0.39 is 9.84 Å². The maximum atomic E-state index is 11.4. The summed E-state index contributed by atoms with van der Waals surface area (Å²) in [6.07, 6.45) is 2.56. The maximum Gasteiger partial charge on any atom is 0.152 e. The zero-order valence-electron chi connectivity index (χ0n) is 8.11. The Labute approximate surface area is 84.2 Å². The highest BCUT2D eigenvalue weighted by atomic mass is 32.2. The Hall–Kier alpha value is -0.420. The molecule has 1 atom stereocenters. The first kappa shape index (κ1) is 10.1. The zero-order valence-corrected chi connectivity index (χ0v) is 8.92. The summed E-state index contributed by atoms with van der Waals surface area (Å²) in [6.45, 7) is 1.08. The Balaban J connectivity index is 1.98. The number of carbonyl (C=O) groups excluding carboxylic acids is 1. The minimum absolute atomic E-state index is 0.0190. The minimum Gasteiger partial charge on any atom is -0.298 e. The van der Waals surface area contributed by atoms with E-state index in [1.807, 2.05) is 4.90 Å². The smallest absolute Gasteiger partial charge is 0.152 e. The highest BCUT2D eigenvalue weighted by Gasteiger charge is 2.33. The molecule has 0 bridgehead atoms. The summed E-state index contributed by atoms with van der Waals surface area (Å²) in [5.74, 6) is 0.734. The Kier molecular flexibility index (Phi) is 2.62. The van der Waals surface area contributed by atoms with Crippen LogP contribution >= 0.6 is 0 Å². The van der Waals surface area contributed by atoms with Crippen LogP contribution in [0.2, 0.25) is 0 Å². The highest BCUT2D eigenvalue weighted by molar-refractivity contribution is 7.91. The Morgan fingerprint density at radius 3 is 2.36 bits per heavy atom. The molecule has 0 aromatic carbocycles. The predicted octanol–water partition coefficient (Wildman–Crippen LogP) is -0.162. The zero-order chi connectivity index (χ0) is 10.2. The summed E-state index contributed by atoms with van der Waals surface area (Å²) in [7, 11) is -2.82. The molecule has 1 aliphatic carbocycles. The summed E-state index contributed by atoms with van der Waals surface area (Å²) in [5, 5.41) is 0. The van der Waals surface area contributed by atoms with Gasteiger partial charge in [0.25, 0.3) is 0 Å². The van der Waals surface area contributed by atoms with Crippen LogP contribution in [0, 0.1) is 0 Å². The molecular weight excluding hydrogens is 202 g/mol. The van der Waals surface area contributed by atoms with Crippen LogP contribution in [0.25, 0.3) is 0 Å². The van der Waals surface area contributed by atoms with Crippen LogP contribution in [0.15, 0.2) is 0 Å². The number of rotatable bonds is 1. The molecule has 14 heavy (non-hydrogen) atoms. The lowest BCUT2D eigenvalue weighted by molar-refractivity contribution is -0.121. The van der Waals surface area contributed by atoms with Crippen LogP contribution in [0.5, 0.6) is 0 Å². The second kappa shape index (κ2) is 3.62. The Morgan fingerprint density at radius 2 is 1.86 bits per heavy atom. The van der Waals surface area contributed by atoms with E-state index >= 15 is 0 Å². The van der Waals surface area contributed by atoms with Crippen molar-refractivity contribution in [1.82, 2.24) is 4.90 Å². The molecule has 1 unspecified atom stereocenters. The monoisotopic (exact) mass is 217 g/mol. The van der Waals surface area contributed by atoms with Crippen LogP contribution in [0.3, 0.4) is 0 Å². The number of ketones is 1. The number of nitrogens with zero attached hydrogens (tertiary/aromatic N) is 1. The molecule has 80 valence electrons. The highest BCUT2D eigenvalue weighted by Crippen LogP contribution is 2.21. The Morgan fingerprint density at radius 1 is 1.21 bits per heavy atom. The number of hydrogen-bond donors (Lipinski definition) is 0. The van der Waals surface area contributed by atoms with Crippen molar-refractivity contribution in [1.29, 1.82) is 0 Å². The van der Waals surface area contributed by atoms with Gasteiger partial charge in [-0.25, -0.2) is 8.42 Å². The average molecular weight is 217 g/mol. The number of hydrogen-bond acceptors (Lipinski definition) is 4. The fourth-order valence-corrected chi connectivity index (χ4v) is 3.45. The third kappa shape index (κ3) is 1.98. The standard InChI is InChI=1S/C9H15NO3S/c11-9-3-1-2-8(9)10-4-6-14(12,13)7-5-10/h8H,1-7H2. The van der Waals surface area contributed by atoms with E-state index in [0.717, 1.165) is 12.8 Å². The number of Topliss-reactive ketones (excluding diaryl/α,β-unsaturated/α-hetero) is 1. The van der Waals surface area contributed by atoms with Gasteiger partial charge in [0, 0.05) is 19.5 Å². The summed E-state index contributed by atoms with van der Waals surface area (Å²) < 4.78 is 22.4. The minimum atomic E-state index is -2.82. The quantitative estimate of drug-likeness (QED) is 0.612. The average Bonchev–Trinajstić information content (AvgIpc) is 2.52. The molecule has 0 aromatic heterocycles. The van der Waals surface area contributed by atoms with Gasteiger partial charge < -0.3 is 0 Å². The van der Waals surface area contributed by atoms with Gasteiger partial charge in [0.1, 0.15) is 5.78 Å². The van der Waals surface area contributed by atoms with Crippen molar-refractivity contribution in [3.05, 3.63) is 0 Å². The first-order valence-corrected chi connectivity index (χ1v) is 6.88. The summed E-state index contributed by atoms with van der Waals surface area (Å²) in [5.41, 5.74) is 0. The molecule has 0 spiro atoms. The first-order valence-electron chi connectivity index (χ1n) is 5.06. The lowest BCUT2D eigenvalue weighted by Gasteiger charge is -2.30. The van der Waals surface area contributed by atoms with E-state index in [2.05, 4.69) is 0 Å². The molecule has 5 heteroatoms. The third-order valence-corrected chi connectivity index (χ3v) is 4.70. The Bertz CT molecular complexity index is 322. The van der Waals surface area contributed by atoms with Crippen LogP contribution in [-0.2, 0) is 14.6 Å². The van der Waals surface area contributed by atoms with Gasteiger partial charge in [-0.1, -0.05) is 0 Å². The van der Waals surface area contributed by atoms with Gasteiger partial charge in [-0.2, -0.15) is 0 Å². The van der Waals surface area contributed by atoms with Crippen LogP contribution in [-0.4, -0.2) is 49.7 Å². The van der Waals surface area contributed by atoms with Crippen molar-refractivity contribution < 1.29 is 13.2 Å². The predicted molar refractivity (Wildman–Crippen MR) is 52.9 cm³/mol. The third-order valence-electron chi connectivity index (χ3n) is 3.09. The van der Waals surface area contributed by atoms with E-state index in [0.29, 0.717) is 25.3 Å². The largest absolute Gasteiger partial charge is 0.298 e. The van der Waals surface area contributed by atoms with Crippen molar-refractivity contribution in [3.63, 3.8) is 0 Å². The molecule has 2 fully saturated rings. The molecule has 1 saturated carbocycles. The SMILES string of the molecule is O=C1CCCC1N1CCS(=O)(=O)CC1. The topological polar surface area (TPSA) is 54.5 Å². The van der Waals surface area contributed by atoms with Crippen molar-refractivity contribution in [2.24, 2.45) is 0 Å². The van der Waals surface area contributed by atoms with Gasteiger partial charge in [-0.3, -0.25) is 9.69 Å². The summed E-state index contributed by atoms with van der Waals surface area (Å²) >= 11 is 0. The molecule has 1 saturated heterocycles. The molecule has 2 rings (SSSR count). The van der Waals surface area contributed by atoms with Crippen molar-refractivity contribution >= 4 is 15.6 Å². The van der Waals surface area contributed by atoms with Gasteiger partial charge in [-0.15, -0.1) is 0 Å². The molecule has 0 radical (unpaired) electrons. The fraction of sp³-hybridized carbons (Fsp3) is 0.889. The van der Waals surface area contributed by atoms with Crippen LogP contribution in [0.1, 0.15) is 19.3 Å². The van der Waals surface area contributed by atoms with Crippen molar-refractivity contribution in [2.45, 2.75) is 25.3 Å². The van der Waals surface area contributed by atoms with Crippen LogP contribution in [0.4, 0.5) is 0 Å². The molecule has 4 nitrogen and oxygen atoms in total. The van der Waals surface area contributed by atoms with Gasteiger partial charge in [0.05, 0.1) is 17.5 Å². The van der Waals surface area contributed by atoms with Gasteiger partial charge in [-0.05, 0) is 12.8 Å². The molecular formula is C9H15NO3S.